The number of nitrogens with one attached hydrogen (secondary N) is 1. The molecule has 0 saturated heterocycles. The van der Waals surface area contributed by atoms with Crippen molar-refractivity contribution in [2.24, 2.45) is 0 Å². The molecule has 1 aliphatic carbocycles. The van der Waals surface area contributed by atoms with Gasteiger partial charge in [-0.2, -0.15) is 0 Å². The van der Waals surface area contributed by atoms with Gasteiger partial charge in [0.15, 0.2) is 0 Å². The van der Waals surface area contributed by atoms with E-state index in [0.29, 0.717) is 34.9 Å². The highest BCUT2D eigenvalue weighted by Gasteiger charge is 2.24. The van der Waals surface area contributed by atoms with Gasteiger partial charge in [-0.05, 0) is 50.5 Å². The number of aliphatic hydroxyl groups is 1. The zero-order chi connectivity index (χ0) is 17.8. The molecule has 0 bridgehead atoms. The Kier molecular flexibility index (Phi) is 5.38. The van der Waals surface area contributed by atoms with Crippen LogP contribution in [-0.4, -0.2) is 28.4 Å². The summed E-state index contributed by atoms with van der Waals surface area (Å²) in [5.41, 5.74) is 1.75. The summed E-state index contributed by atoms with van der Waals surface area (Å²) in [4.78, 5) is 12.4. The third-order valence-electron chi connectivity index (χ3n) is 4.55. The Hall–Kier alpha value is -2.34. The van der Waals surface area contributed by atoms with Crippen LogP contribution in [0.4, 0.5) is 5.69 Å². The molecular formula is C19H24N2O4. The molecule has 1 saturated carbocycles. The van der Waals surface area contributed by atoms with Crippen LogP contribution in [-0.2, 0) is 6.42 Å². The van der Waals surface area contributed by atoms with Crippen molar-refractivity contribution in [3.8, 4) is 5.75 Å². The molecular weight excluding hydrogens is 320 g/mol. The van der Waals surface area contributed by atoms with Crippen LogP contribution < -0.4 is 10.1 Å². The Morgan fingerprint density at radius 3 is 2.72 bits per heavy atom. The first-order valence-corrected chi connectivity index (χ1v) is 8.79. The summed E-state index contributed by atoms with van der Waals surface area (Å²) < 4.78 is 11.0. The van der Waals surface area contributed by atoms with Crippen LogP contribution in [0.5, 0.6) is 5.75 Å². The average molecular weight is 344 g/mol. The summed E-state index contributed by atoms with van der Waals surface area (Å²) in [5, 5.41) is 16.7. The van der Waals surface area contributed by atoms with Crippen LogP contribution in [0.25, 0.3) is 0 Å². The van der Waals surface area contributed by atoms with Gasteiger partial charge in [0.1, 0.15) is 23.2 Å². The molecule has 0 aliphatic heterocycles. The monoisotopic (exact) mass is 344 g/mol. The zero-order valence-corrected chi connectivity index (χ0v) is 14.6. The van der Waals surface area contributed by atoms with Gasteiger partial charge in [-0.25, -0.2) is 0 Å². The summed E-state index contributed by atoms with van der Waals surface area (Å²) in [6.07, 6.45) is 3.84. The Bertz CT molecular complexity index is 724. The van der Waals surface area contributed by atoms with Gasteiger partial charge >= 0.3 is 0 Å². The molecule has 1 aromatic carbocycles. The van der Waals surface area contributed by atoms with E-state index in [4.69, 9.17) is 9.26 Å². The fourth-order valence-electron chi connectivity index (χ4n) is 3.15. The lowest BCUT2D eigenvalue weighted by molar-refractivity contribution is 0.00688. The van der Waals surface area contributed by atoms with Crippen molar-refractivity contribution in [3.05, 3.63) is 41.3 Å². The van der Waals surface area contributed by atoms with Crippen LogP contribution in [0.2, 0.25) is 0 Å². The number of benzene rings is 1. The fourth-order valence-corrected chi connectivity index (χ4v) is 3.15. The summed E-state index contributed by atoms with van der Waals surface area (Å²) in [6, 6.07) is 7.18. The van der Waals surface area contributed by atoms with Crippen molar-refractivity contribution >= 4 is 11.6 Å². The van der Waals surface area contributed by atoms with Gasteiger partial charge in [-0.3, -0.25) is 4.79 Å². The second-order valence-electron chi connectivity index (χ2n) is 6.41. The smallest absolute Gasteiger partial charge is 0.261 e. The van der Waals surface area contributed by atoms with E-state index in [0.717, 1.165) is 25.7 Å². The van der Waals surface area contributed by atoms with Gasteiger partial charge in [-0.15, -0.1) is 0 Å². The molecule has 1 aromatic heterocycles. The maximum absolute atomic E-state index is 12.4. The minimum atomic E-state index is -0.405. The molecule has 0 radical (unpaired) electrons. The number of carbonyl (C=O) groups is 1. The summed E-state index contributed by atoms with van der Waals surface area (Å²) >= 11 is 0. The molecule has 2 atom stereocenters. The highest BCUT2D eigenvalue weighted by molar-refractivity contribution is 6.05. The Balaban J connectivity index is 1.64. The largest absolute Gasteiger partial charge is 0.488 e. The second-order valence-corrected chi connectivity index (χ2v) is 6.41. The molecule has 3 rings (SSSR count). The Morgan fingerprint density at radius 2 is 2.04 bits per heavy atom. The summed E-state index contributed by atoms with van der Waals surface area (Å²) in [6.45, 7) is 3.67. The molecule has 6 heteroatoms. The molecule has 1 amide bonds. The molecule has 1 heterocycles. The SMILES string of the molecule is CCc1onc(C)c1C(=O)Nc1ccc(OC2CCCCC2O)cc1. The van der Waals surface area contributed by atoms with Gasteiger partial charge in [0.2, 0.25) is 0 Å². The number of rotatable bonds is 5. The van der Waals surface area contributed by atoms with E-state index in [2.05, 4.69) is 10.5 Å². The van der Waals surface area contributed by atoms with Crippen molar-refractivity contribution in [1.82, 2.24) is 5.16 Å². The van der Waals surface area contributed by atoms with Gasteiger partial charge in [-0.1, -0.05) is 18.5 Å². The quantitative estimate of drug-likeness (QED) is 0.867. The molecule has 2 N–H and O–H groups in total. The lowest BCUT2D eigenvalue weighted by Crippen LogP contribution is -2.34. The molecule has 2 unspecified atom stereocenters. The van der Waals surface area contributed by atoms with Crippen molar-refractivity contribution in [3.63, 3.8) is 0 Å². The van der Waals surface area contributed by atoms with Crippen LogP contribution >= 0.6 is 0 Å². The molecule has 6 nitrogen and oxygen atoms in total. The zero-order valence-electron chi connectivity index (χ0n) is 14.6. The molecule has 1 aliphatic rings. The third kappa shape index (κ3) is 4.02. The van der Waals surface area contributed by atoms with E-state index < -0.39 is 6.10 Å². The predicted molar refractivity (Wildman–Crippen MR) is 93.9 cm³/mol. The third-order valence-corrected chi connectivity index (χ3v) is 4.55. The topological polar surface area (TPSA) is 84.6 Å². The molecule has 2 aromatic rings. The first-order valence-electron chi connectivity index (χ1n) is 8.79. The number of aryl methyl sites for hydroxylation is 2. The van der Waals surface area contributed by atoms with Gasteiger partial charge in [0.25, 0.3) is 5.91 Å². The number of ether oxygens (including phenoxy) is 1. The van der Waals surface area contributed by atoms with Crippen molar-refractivity contribution < 1.29 is 19.2 Å². The minimum absolute atomic E-state index is 0.152. The maximum atomic E-state index is 12.4. The first-order chi connectivity index (χ1) is 12.1. The summed E-state index contributed by atoms with van der Waals surface area (Å²) in [5.74, 6) is 1.05. The van der Waals surface area contributed by atoms with E-state index in [1.165, 1.54) is 0 Å². The molecule has 1 fully saturated rings. The van der Waals surface area contributed by atoms with Gasteiger partial charge in [0, 0.05) is 12.1 Å². The number of anilines is 1. The maximum Gasteiger partial charge on any atom is 0.261 e. The van der Waals surface area contributed by atoms with Gasteiger partial charge < -0.3 is 19.7 Å². The van der Waals surface area contributed by atoms with Gasteiger partial charge in [0.05, 0.1) is 11.8 Å². The number of nitrogens with zero attached hydrogens (tertiary/aromatic N) is 1. The lowest BCUT2D eigenvalue weighted by atomic mass is 9.95. The van der Waals surface area contributed by atoms with E-state index >= 15 is 0 Å². The Morgan fingerprint density at radius 1 is 1.32 bits per heavy atom. The van der Waals surface area contributed by atoms with E-state index in [-0.39, 0.29) is 12.0 Å². The normalized spacial score (nSPS) is 20.3. The van der Waals surface area contributed by atoms with E-state index in [1.54, 1.807) is 31.2 Å². The standard InChI is InChI=1S/C19H24N2O4/c1-3-16-18(12(2)21-25-16)19(23)20-13-8-10-14(11-9-13)24-17-7-5-4-6-15(17)22/h8-11,15,17,22H,3-7H2,1-2H3,(H,20,23). The van der Waals surface area contributed by atoms with Crippen LogP contribution in [0.1, 0.15) is 54.4 Å². The van der Waals surface area contributed by atoms with Crippen molar-refractivity contribution in [2.45, 2.75) is 58.2 Å². The molecule has 0 spiro atoms. The number of hydrogen-bond donors (Lipinski definition) is 2. The number of hydrogen-bond acceptors (Lipinski definition) is 5. The number of carbonyl (C=O) groups excluding carboxylic acids is 1. The van der Waals surface area contributed by atoms with E-state index in [1.807, 2.05) is 6.92 Å². The number of aliphatic hydroxyl groups excluding tert-OH is 1. The van der Waals surface area contributed by atoms with Crippen LogP contribution in [0, 0.1) is 6.92 Å². The minimum Gasteiger partial charge on any atom is -0.488 e. The fraction of sp³-hybridized carbons (Fsp3) is 0.474. The van der Waals surface area contributed by atoms with E-state index in [9.17, 15) is 9.90 Å². The highest BCUT2D eigenvalue weighted by atomic mass is 16.5. The lowest BCUT2D eigenvalue weighted by Gasteiger charge is -2.28. The van der Waals surface area contributed by atoms with Crippen molar-refractivity contribution in [1.29, 1.82) is 0 Å². The number of aromatic nitrogens is 1. The first kappa shape index (κ1) is 17.5. The predicted octanol–water partition coefficient (Wildman–Crippen LogP) is 3.48. The molecule has 25 heavy (non-hydrogen) atoms. The second kappa shape index (κ2) is 7.70. The van der Waals surface area contributed by atoms with Crippen LogP contribution in [0.15, 0.2) is 28.8 Å². The Labute approximate surface area is 147 Å². The van der Waals surface area contributed by atoms with Crippen LogP contribution in [0.3, 0.4) is 0 Å². The highest BCUT2D eigenvalue weighted by Crippen LogP contribution is 2.25. The summed E-state index contributed by atoms with van der Waals surface area (Å²) in [7, 11) is 0. The average Bonchev–Trinajstić information content (AvgIpc) is 2.99. The molecule has 134 valence electrons. The number of amides is 1. The van der Waals surface area contributed by atoms with Crippen molar-refractivity contribution in [2.75, 3.05) is 5.32 Å².